The van der Waals surface area contributed by atoms with Crippen molar-refractivity contribution < 1.29 is 0 Å². The Bertz CT molecular complexity index is 193. The Morgan fingerprint density at radius 2 is 2.14 bits per heavy atom. The van der Waals surface area contributed by atoms with Gasteiger partial charge in [-0.3, -0.25) is 0 Å². The SMILES string of the molecule is CC1CCC[C@H]2CN(C)C(CN)CC12. The third-order valence-corrected chi connectivity index (χ3v) is 4.53. The zero-order valence-corrected chi connectivity index (χ0v) is 9.58. The van der Waals surface area contributed by atoms with Crippen LogP contribution in [0.3, 0.4) is 0 Å². The normalized spacial score (nSPS) is 44.8. The van der Waals surface area contributed by atoms with Crippen LogP contribution in [0.1, 0.15) is 32.6 Å². The van der Waals surface area contributed by atoms with Gasteiger partial charge in [-0.2, -0.15) is 0 Å². The van der Waals surface area contributed by atoms with E-state index in [-0.39, 0.29) is 0 Å². The number of nitrogens with zero attached hydrogens (tertiary/aromatic N) is 1. The average molecular weight is 196 g/mol. The Morgan fingerprint density at radius 1 is 1.36 bits per heavy atom. The first kappa shape index (κ1) is 10.4. The Hall–Kier alpha value is -0.0800. The van der Waals surface area contributed by atoms with E-state index in [1.807, 2.05) is 0 Å². The van der Waals surface area contributed by atoms with Gasteiger partial charge in [-0.15, -0.1) is 0 Å². The Kier molecular flexibility index (Phi) is 3.13. The van der Waals surface area contributed by atoms with Gasteiger partial charge in [-0.05, 0) is 37.6 Å². The zero-order chi connectivity index (χ0) is 10.1. The second-order valence-corrected chi connectivity index (χ2v) is 5.40. The van der Waals surface area contributed by atoms with Crippen LogP contribution in [-0.2, 0) is 0 Å². The molecule has 1 saturated heterocycles. The lowest BCUT2D eigenvalue weighted by Gasteiger charge is -2.47. The minimum Gasteiger partial charge on any atom is -0.329 e. The Labute approximate surface area is 87.8 Å². The molecule has 1 saturated carbocycles. The van der Waals surface area contributed by atoms with Crippen LogP contribution in [0.15, 0.2) is 0 Å². The molecule has 0 bridgehead atoms. The molecule has 14 heavy (non-hydrogen) atoms. The molecule has 82 valence electrons. The fraction of sp³-hybridized carbons (Fsp3) is 1.00. The lowest BCUT2D eigenvalue weighted by molar-refractivity contribution is 0.0308. The highest BCUT2D eigenvalue weighted by molar-refractivity contribution is 4.90. The fourth-order valence-electron chi connectivity index (χ4n) is 3.54. The highest BCUT2D eigenvalue weighted by Gasteiger charge is 2.37. The summed E-state index contributed by atoms with van der Waals surface area (Å²) in [6.45, 7) is 4.57. The molecule has 0 radical (unpaired) electrons. The van der Waals surface area contributed by atoms with Gasteiger partial charge in [0.1, 0.15) is 0 Å². The van der Waals surface area contributed by atoms with Crippen LogP contribution < -0.4 is 5.73 Å². The fourth-order valence-corrected chi connectivity index (χ4v) is 3.54. The van der Waals surface area contributed by atoms with Crippen LogP contribution in [0, 0.1) is 17.8 Å². The summed E-state index contributed by atoms with van der Waals surface area (Å²) in [5, 5.41) is 0. The summed E-state index contributed by atoms with van der Waals surface area (Å²) in [5.41, 5.74) is 5.82. The van der Waals surface area contributed by atoms with Gasteiger partial charge < -0.3 is 10.6 Å². The molecular formula is C12H24N2. The summed E-state index contributed by atoms with van der Waals surface area (Å²) in [4.78, 5) is 2.49. The standard InChI is InChI=1S/C12H24N2/c1-9-4-3-5-10-8-14(2)11(7-13)6-12(9)10/h9-12H,3-8,13H2,1-2H3/t9?,10-,11?,12?/m0/s1. The molecule has 0 aromatic rings. The number of likely N-dealkylation sites (tertiary alicyclic amines) is 1. The quantitative estimate of drug-likeness (QED) is 0.691. The van der Waals surface area contributed by atoms with Crippen LogP contribution in [0.4, 0.5) is 0 Å². The van der Waals surface area contributed by atoms with Crippen LogP contribution in [0.25, 0.3) is 0 Å². The maximum absolute atomic E-state index is 5.82. The lowest BCUT2D eigenvalue weighted by atomic mass is 9.68. The highest BCUT2D eigenvalue weighted by Crippen LogP contribution is 2.41. The van der Waals surface area contributed by atoms with E-state index in [1.165, 1.54) is 32.2 Å². The summed E-state index contributed by atoms with van der Waals surface area (Å²) in [6, 6.07) is 0.650. The molecule has 2 N–H and O–H groups in total. The summed E-state index contributed by atoms with van der Waals surface area (Å²) in [6.07, 6.45) is 5.70. The maximum Gasteiger partial charge on any atom is 0.0218 e. The average Bonchev–Trinajstić information content (AvgIpc) is 2.17. The van der Waals surface area contributed by atoms with E-state index in [2.05, 4.69) is 18.9 Å². The van der Waals surface area contributed by atoms with Crippen LogP contribution >= 0.6 is 0 Å². The topological polar surface area (TPSA) is 29.3 Å². The molecule has 0 spiro atoms. The molecule has 1 aliphatic carbocycles. The minimum absolute atomic E-state index is 0.650. The van der Waals surface area contributed by atoms with Crippen molar-refractivity contribution in [2.24, 2.45) is 23.5 Å². The van der Waals surface area contributed by atoms with E-state index in [1.54, 1.807) is 0 Å². The number of hydrogen-bond donors (Lipinski definition) is 1. The molecule has 2 heteroatoms. The van der Waals surface area contributed by atoms with Crippen molar-refractivity contribution in [1.82, 2.24) is 4.90 Å². The van der Waals surface area contributed by atoms with Gasteiger partial charge >= 0.3 is 0 Å². The lowest BCUT2D eigenvalue weighted by Crippen LogP contribution is -2.50. The van der Waals surface area contributed by atoms with Gasteiger partial charge in [-0.25, -0.2) is 0 Å². The maximum atomic E-state index is 5.82. The molecule has 3 unspecified atom stereocenters. The van der Waals surface area contributed by atoms with Gasteiger partial charge in [0.15, 0.2) is 0 Å². The largest absolute Gasteiger partial charge is 0.329 e. The number of fused-ring (bicyclic) bond motifs is 1. The minimum atomic E-state index is 0.650. The van der Waals surface area contributed by atoms with E-state index >= 15 is 0 Å². The summed E-state index contributed by atoms with van der Waals surface area (Å²) in [5.74, 6) is 2.87. The van der Waals surface area contributed by atoms with Crippen molar-refractivity contribution in [2.45, 2.75) is 38.6 Å². The molecule has 4 atom stereocenters. The molecular weight excluding hydrogens is 172 g/mol. The van der Waals surface area contributed by atoms with Gasteiger partial charge in [0, 0.05) is 19.1 Å². The summed E-state index contributed by atoms with van der Waals surface area (Å²) in [7, 11) is 2.24. The molecule has 2 aliphatic rings. The molecule has 1 aliphatic heterocycles. The summed E-state index contributed by atoms with van der Waals surface area (Å²) < 4.78 is 0. The van der Waals surface area contributed by atoms with Crippen molar-refractivity contribution in [3.05, 3.63) is 0 Å². The Balaban J connectivity index is 2.03. The highest BCUT2D eigenvalue weighted by atomic mass is 15.1. The number of nitrogens with two attached hydrogens (primary N) is 1. The molecule has 1 heterocycles. The van der Waals surface area contributed by atoms with Crippen LogP contribution in [-0.4, -0.2) is 31.1 Å². The van der Waals surface area contributed by atoms with Crippen LogP contribution in [0.2, 0.25) is 0 Å². The molecule has 0 aromatic heterocycles. The third-order valence-electron chi connectivity index (χ3n) is 4.53. The monoisotopic (exact) mass is 196 g/mol. The zero-order valence-electron chi connectivity index (χ0n) is 9.58. The second kappa shape index (κ2) is 4.19. The van der Waals surface area contributed by atoms with Gasteiger partial charge in [-0.1, -0.05) is 19.8 Å². The Morgan fingerprint density at radius 3 is 2.86 bits per heavy atom. The predicted octanol–water partition coefficient (Wildman–Crippen LogP) is 1.70. The smallest absolute Gasteiger partial charge is 0.0218 e. The van der Waals surface area contributed by atoms with Crippen molar-refractivity contribution in [3.63, 3.8) is 0 Å². The molecule has 0 aromatic carbocycles. The molecule has 0 amide bonds. The number of hydrogen-bond acceptors (Lipinski definition) is 2. The van der Waals surface area contributed by atoms with E-state index in [9.17, 15) is 0 Å². The molecule has 2 fully saturated rings. The first-order chi connectivity index (χ1) is 6.72. The third kappa shape index (κ3) is 1.82. The molecule has 2 rings (SSSR count). The van der Waals surface area contributed by atoms with Gasteiger partial charge in [0.2, 0.25) is 0 Å². The van der Waals surface area contributed by atoms with Gasteiger partial charge in [0.25, 0.3) is 0 Å². The van der Waals surface area contributed by atoms with Crippen molar-refractivity contribution >= 4 is 0 Å². The van der Waals surface area contributed by atoms with Crippen LogP contribution in [0.5, 0.6) is 0 Å². The number of rotatable bonds is 1. The second-order valence-electron chi connectivity index (χ2n) is 5.40. The van der Waals surface area contributed by atoms with Crippen molar-refractivity contribution in [1.29, 1.82) is 0 Å². The van der Waals surface area contributed by atoms with E-state index in [0.717, 1.165) is 24.3 Å². The van der Waals surface area contributed by atoms with Crippen molar-refractivity contribution in [2.75, 3.05) is 20.1 Å². The number of piperidine rings is 1. The van der Waals surface area contributed by atoms with Crippen molar-refractivity contribution in [3.8, 4) is 0 Å². The number of likely N-dealkylation sites (N-methyl/N-ethyl adjacent to an activating group) is 1. The van der Waals surface area contributed by atoms with E-state index in [0.29, 0.717) is 6.04 Å². The van der Waals surface area contributed by atoms with Gasteiger partial charge in [0.05, 0.1) is 0 Å². The van der Waals surface area contributed by atoms with E-state index < -0.39 is 0 Å². The van der Waals surface area contributed by atoms with E-state index in [4.69, 9.17) is 5.73 Å². The predicted molar refractivity (Wildman–Crippen MR) is 60.1 cm³/mol. The molecule has 2 nitrogen and oxygen atoms in total. The first-order valence-corrected chi connectivity index (χ1v) is 6.12. The summed E-state index contributed by atoms with van der Waals surface area (Å²) >= 11 is 0. The first-order valence-electron chi connectivity index (χ1n) is 6.12.